The van der Waals surface area contributed by atoms with Gasteiger partial charge in [-0.1, -0.05) is 26.2 Å². The van der Waals surface area contributed by atoms with Gasteiger partial charge in [-0.15, -0.1) is 0 Å². The van der Waals surface area contributed by atoms with Crippen LogP contribution < -0.4 is 5.73 Å². The maximum Gasteiger partial charge on any atom is 0.125 e. The number of nitrogens with two attached hydrogens (primary N) is 1. The Morgan fingerprint density at radius 3 is 2.90 bits per heavy atom. The molecule has 2 aromatic rings. The van der Waals surface area contributed by atoms with E-state index in [-0.39, 0.29) is 11.9 Å². The predicted octanol–water partition coefficient (Wildman–Crippen LogP) is 3.96. The maximum absolute atomic E-state index is 13.6. The zero-order chi connectivity index (χ0) is 14.8. The Kier molecular flexibility index (Phi) is 4.24. The Bertz CT molecular complexity index is 620. The summed E-state index contributed by atoms with van der Waals surface area (Å²) >= 11 is 0. The summed E-state index contributed by atoms with van der Waals surface area (Å²) in [6, 6.07) is 5.04. The average Bonchev–Trinajstić information content (AvgIpc) is 2.66. The zero-order valence-corrected chi connectivity index (χ0v) is 12.7. The number of halogens is 1. The molecule has 3 rings (SSSR count). The number of hydrogen-bond acceptors (Lipinski definition) is 2. The largest absolute Gasteiger partial charge is 0.328 e. The lowest BCUT2D eigenvalue weighted by molar-refractivity contribution is 0.463. The summed E-state index contributed by atoms with van der Waals surface area (Å²) in [5, 5.41) is 0. The summed E-state index contributed by atoms with van der Waals surface area (Å²) in [6.07, 6.45) is 6.84. The van der Waals surface area contributed by atoms with Crippen molar-refractivity contribution in [1.82, 2.24) is 9.55 Å². The predicted molar refractivity (Wildman–Crippen MR) is 83.8 cm³/mol. The van der Waals surface area contributed by atoms with Gasteiger partial charge in [0, 0.05) is 18.5 Å². The van der Waals surface area contributed by atoms with Crippen LogP contribution in [0.3, 0.4) is 0 Å². The van der Waals surface area contributed by atoms with E-state index < -0.39 is 0 Å². The van der Waals surface area contributed by atoms with Gasteiger partial charge in [0.1, 0.15) is 11.6 Å². The SMILES string of the molecule is CCCn1c(C2CCCCCC2N)nc2ccc(F)cc21. The van der Waals surface area contributed by atoms with E-state index in [2.05, 4.69) is 11.5 Å². The Morgan fingerprint density at radius 1 is 1.29 bits per heavy atom. The standard InChI is InChI=1S/C17H24FN3/c1-2-10-21-16-11-12(18)8-9-15(16)20-17(21)13-6-4-3-5-7-14(13)19/h8-9,11,13-14H,2-7,10,19H2,1H3. The Labute approximate surface area is 125 Å². The van der Waals surface area contributed by atoms with Crippen LogP contribution >= 0.6 is 0 Å². The van der Waals surface area contributed by atoms with E-state index in [1.807, 2.05) is 0 Å². The highest BCUT2D eigenvalue weighted by molar-refractivity contribution is 5.76. The van der Waals surface area contributed by atoms with E-state index in [1.165, 1.54) is 25.3 Å². The summed E-state index contributed by atoms with van der Waals surface area (Å²) in [5.74, 6) is 1.16. The van der Waals surface area contributed by atoms with Crippen molar-refractivity contribution in [3.63, 3.8) is 0 Å². The highest BCUT2D eigenvalue weighted by Crippen LogP contribution is 2.32. The Balaban J connectivity index is 2.09. The topological polar surface area (TPSA) is 43.8 Å². The molecule has 2 unspecified atom stereocenters. The summed E-state index contributed by atoms with van der Waals surface area (Å²) in [5.41, 5.74) is 8.19. The van der Waals surface area contributed by atoms with Crippen molar-refractivity contribution in [3.05, 3.63) is 29.8 Å². The van der Waals surface area contributed by atoms with Gasteiger partial charge in [0.2, 0.25) is 0 Å². The molecule has 4 heteroatoms. The van der Waals surface area contributed by atoms with E-state index in [4.69, 9.17) is 10.7 Å². The van der Waals surface area contributed by atoms with Gasteiger partial charge in [0.25, 0.3) is 0 Å². The van der Waals surface area contributed by atoms with Gasteiger partial charge in [-0.3, -0.25) is 0 Å². The van der Waals surface area contributed by atoms with Crippen LogP contribution in [-0.4, -0.2) is 15.6 Å². The molecule has 1 aromatic carbocycles. The van der Waals surface area contributed by atoms with Gasteiger partial charge in [0.15, 0.2) is 0 Å². The second-order valence-corrected chi connectivity index (χ2v) is 6.16. The number of benzene rings is 1. The Morgan fingerprint density at radius 2 is 2.10 bits per heavy atom. The third-order valence-corrected chi connectivity index (χ3v) is 4.59. The number of rotatable bonds is 3. The molecule has 1 heterocycles. The minimum absolute atomic E-state index is 0.171. The summed E-state index contributed by atoms with van der Waals surface area (Å²) in [4.78, 5) is 4.80. The fourth-order valence-electron chi connectivity index (χ4n) is 3.51. The van der Waals surface area contributed by atoms with Gasteiger partial charge in [-0.25, -0.2) is 9.37 Å². The number of nitrogens with zero attached hydrogens (tertiary/aromatic N) is 2. The first-order chi connectivity index (χ1) is 10.2. The molecule has 0 amide bonds. The van der Waals surface area contributed by atoms with E-state index in [9.17, 15) is 4.39 Å². The van der Waals surface area contributed by atoms with Gasteiger partial charge < -0.3 is 10.3 Å². The fraction of sp³-hybridized carbons (Fsp3) is 0.588. The number of hydrogen-bond donors (Lipinski definition) is 1. The van der Waals surface area contributed by atoms with Gasteiger partial charge in [-0.2, -0.15) is 0 Å². The molecule has 0 radical (unpaired) electrons. The first kappa shape index (κ1) is 14.5. The molecule has 0 bridgehead atoms. The van der Waals surface area contributed by atoms with Gasteiger partial charge >= 0.3 is 0 Å². The van der Waals surface area contributed by atoms with Crippen LogP contribution in [0.15, 0.2) is 18.2 Å². The average molecular weight is 289 g/mol. The molecule has 0 aliphatic heterocycles. The molecular formula is C17H24FN3. The van der Waals surface area contributed by atoms with Crippen LogP contribution in [0.2, 0.25) is 0 Å². The van der Waals surface area contributed by atoms with Gasteiger partial charge in [-0.05, 0) is 37.5 Å². The first-order valence-electron chi connectivity index (χ1n) is 8.12. The molecule has 114 valence electrons. The molecule has 2 atom stereocenters. The molecule has 1 saturated carbocycles. The van der Waals surface area contributed by atoms with Crippen molar-refractivity contribution >= 4 is 11.0 Å². The third kappa shape index (κ3) is 2.82. The number of aromatic nitrogens is 2. The normalized spacial score (nSPS) is 23.4. The van der Waals surface area contributed by atoms with Gasteiger partial charge in [0.05, 0.1) is 11.0 Å². The molecule has 21 heavy (non-hydrogen) atoms. The lowest BCUT2D eigenvalue weighted by Crippen LogP contribution is -2.29. The second-order valence-electron chi connectivity index (χ2n) is 6.16. The van der Waals surface area contributed by atoms with Crippen LogP contribution in [0, 0.1) is 5.82 Å². The smallest absolute Gasteiger partial charge is 0.125 e. The molecule has 0 saturated heterocycles. The van der Waals surface area contributed by atoms with Crippen molar-refractivity contribution in [3.8, 4) is 0 Å². The van der Waals surface area contributed by atoms with Crippen molar-refractivity contribution in [2.24, 2.45) is 5.73 Å². The van der Waals surface area contributed by atoms with E-state index in [0.29, 0.717) is 5.92 Å². The molecule has 2 N–H and O–H groups in total. The van der Waals surface area contributed by atoms with E-state index in [1.54, 1.807) is 12.1 Å². The van der Waals surface area contributed by atoms with Crippen molar-refractivity contribution in [2.45, 2.75) is 64.0 Å². The highest BCUT2D eigenvalue weighted by Gasteiger charge is 2.27. The molecule has 1 aliphatic carbocycles. The monoisotopic (exact) mass is 289 g/mol. The summed E-state index contributed by atoms with van der Waals surface area (Å²) in [7, 11) is 0. The number of fused-ring (bicyclic) bond motifs is 1. The van der Waals surface area contributed by atoms with Crippen molar-refractivity contribution in [1.29, 1.82) is 0 Å². The van der Waals surface area contributed by atoms with Crippen molar-refractivity contribution in [2.75, 3.05) is 0 Å². The first-order valence-corrected chi connectivity index (χ1v) is 8.12. The lowest BCUT2D eigenvalue weighted by Gasteiger charge is -2.22. The lowest BCUT2D eigenvalue weighted by atomic mass is 9.94. The third-order valence-electron chi connectivity index (χ3n) is 4.59. The van der Waals surface area contributed by atoms with Crippen LogP contribution in [-0.2, 0) is 6.54 Å². The van der Waals surface area contributed by atoms with E-state index >= 15 is 0 Å². The van der Waals surface area contributed by atoms with Crippen molar-refractivity contribution < 1.29 is 4.39 Å². The molecular weight excluding hydrogens is 265 g/mol. The highest BCUT2D eigenvalue weighted by atomic mass is 19.1. The van der Waals surface area contributed by atoms with Crippen LogP contribution in [0.25, 0.3) is 11.0 Å². The number of imidazole rings is 1. The van der Waals surface area contributed by atoms with Crippen LogP contribution in [0.5, 0.6) is 0 Å². The molecule has 3 nitrogen and oxygen atoms in total. The molecule has 0 spiro atoms. The summed E-state index contributed by atoms with van der Waals surface area (Å²) < 4.78 is 15.8. The minimum Gasteiger partial charge on any atom is -0.328 e. The molecule has 1 fully saturated rings. The minimum atomic E-state index is -0.198. The quantitative estimate of drug-likeness (QED) is 0.869. The second kappa shape index (κ2) is 6.14. The van der Waals surface area contributed by atoms with Crippen LogP contribution in [0.1, 0.15) is 57.2 Å². The molecule has 1 aliphatic rings. The fourth-order valence-corrected chi connectivity index (χ4v) is 3.51. The summed E-state index contributed by atoms with van der Waals surface area (Å²) in [6.45, 7) is 3.01. The zero-order valence-electron chi connectivity index (χ0n) is 12.7. The maximum atomic E-state index is 13.6. The molecule has 1 aromatic heterocycles. The van der Waals surface area contributed by atoms with E-state index in [0.717, 1.165) is 42.7 Å². The number of aryl methyl sites for hydroxylation is 1. The Hall–Kier alpha value is -1.42. The van der Waals surface area contributed by atoms with Crippen LogP contribution in [0.4, 0.5) is 4.39 Å².